The SMILES string of the molecule is Cc1ccc(NC(=O)Nc2ncc(CCS(=O)(=O)c3ccc(C(=O)O)cn3)s2)c(N2CCCCC2)c1. The van der Waals surface area contributed by atoms with Crippen LogP contribution in [0, 0.1) is 6.92 Å². The van der Waals surface area contributed by atoms with Gasteiger partial charge in [-0.3, -0.25) is 5.32 Å². The molecule has 190 valence electrons. The zero-order chi connectivity index (χ0) is 25.7. The maximum absolute atomic E-state index is 12.7. The van der Waals surface area contributed by atoms with Crippen LogP contribution in [0.15, 0.2) is 47.8 Å². The Bertz CT molecular complexity index is 1350. The molecule has 1 aromatic carbocycles. The second kappa shape index (κ2) is 11.0. The van der Waals surface area contributed by atoms with Crippen molar-refractivity contribution in [3.63, 3.8) is 0 Å². The normalized spacial score (nSPS) is 13.9. The van der Waals surface area contributed by atoms with Crippen molar-refractivity contribution in [2.24, 2.45) is 0 Å². The van der Waals surface area contributed by atoms with Crippen LogP contribution in [-0.4, -0.2) is 54.3 Å². The van der Waals surface area contributed by atoms with E-state index in [-0.39, 0.29) is 22.8 Å². The number of pyridine rings is 1. The van der Waals surface area contributed by atoms with Crippen LogP contribution in [0.5, 0.6) is 0 Å². The molecule has 0 bridgehead atoms. The highest BCUT2D eigenvalue weighted by molar-refractivity contribution is 7.91. The van der Waals surface area contributed by atoms with E-state index in [0.29, 0.717) is 10.0 Å². The number of urea groups is 1. The molecule has 0 aliphatic carbocycles. The Morgan fingerprint density at radius 3 is 2.53 bits per heavy atom. The number of thiazole rings is 1. The molecule has 36 heavy (non-hydrogen) atoms. The van der Waals surface area contributed by atoms with Crippen LogP contribution in [0.2, 0.25) is 0 Å². The first kappa shape index (κ1) is 25.6. The van der Waals surface area contributed by atoms with E-state index in [1.165, 1.54) is 36.1 Å². The van der Waals surface area contributed by atoms with Crippen LogP contribution in [0.25, 0.3) is 0 Å². The fourth-order valence-corrected chi connectivity index (χ4v) is 6.03. The Kier molecular flexibility index (Phi) is 7.85. The summed E-state index contributed by atoms with van der Waals surface area (Å²) in [6, 6.07) is 7.90. The zero-order valence-electron chi connectivity index (χ0n) is 19.7. The van der Waals surface area contributed by atoms with Gasteiger partial charge in [-0.05, 0) is 62.4 Å². The molecule has 1 fully saturated rings. The second-order valence-corrected chi connectivity index (χ2v) is 11.7. The standard InChI is InChI=1S/C24H27N5O5S2/c1-16-5-7-19(20(13-16)29-10-3-2-4-11-29)27-23(32)28-24-26-15-18(35-24)9-12-36(33,34)21-8-6-17(14-25-21)22(30)31/h5-8,13-15H,2-4,9-12H2,1H3,(H,30,31)(H2,26,27,28,32). The van der Waals surface area contributed by atoms with Gasteiger partial charge in [0, 0.05) is 30.4 Å². The summed E-state index contributed by atoms with van der Waals surface area (Å²) in [5.41, 5.74) is 2.76. The smallest absolute Gasteiger partial charge is 0.337 e. The van der Waals surface area contributed by atoms with Crippen LogP contribution in [0.4, 0.5) is 21.3 Å². The van der Waals surface area contributed by atoms with Gasteiger partial charge in [-0.15, -0.1) is 11.3 Å². The lowest BCUT2D eigenvalue weighted by Crippen LogP contribution is -2.31. The highest BCUT2D eigenvalue weighted by Crippen LogP contribution is 2.30. The van der Waals surface area contributed by atoms with Crippen molar-refractivity contribution >= 4 is 49.7 Å². The fraction of sp³-hybridized carbons (Fsp3) is 0.333. The Morgan fingerprint density at radius 2 is 1.83 bits per heavy atom. The van der Waals surface area contributed by atoms with Gasteiger partial charge in [-0.1, -0.05) is 6.07 Å². The van der Waals surface area contributed by atoms with Crippen molar-refractivity contribution in [1.29, 1.82) is 0 Å². The van der Waals surface area contributed by atoms with Gasteiger partial charge >= 0.3 is 12.0 Å². The molecule has 12 heteroatoms. The number of nitrogens with zero attached hydrogens (tertiary/aromatic N) is 3. The third-order valence-electron chi connectivity index (χ3n) is 5.79. The number of nitrogens with one attached hydrogen (secondary N) is 2. The van der Waals surface area contributed by atoms with Crippen molar-refractivity contribution in [2.45, 2.75) is 37.6 Å². The minimum absolute atomic E-state index is 0.0842. The highest BCUT2D eigenvalue weighted by atomic mass is 32.2. The number of carbonyl (C=O) groups excluding carboxylic acids is 1. The summed E-state index contributed by atoms with van der Waals surface area (Å²) in [7, 11) is -3.70. The van der Waals surface area contributed by atoms with E-state index in [1.54, 1.807) is 0 Å². The number of piperidine rings is 1. The number of benzene rings is 1. The summed E-state index contributed by atoms with van der Waals surface area (Å²) in [4.78, 5) is 34.5. The molecule has 1 saturated heterocycles. The molecule has 2 aromatic heterocycles. The lowest BCUT2D eigenvalue weighted by atomic mass is 10.1. The second-order valence-electron chi connectivity index (χ2n) is 8.54. The maximum atomic E-state index is 12.7. The van der Waals surface area contributed by atoms with Crippen molar-refractivity contribution < 1.29 is 23.1 Å². The number of sulfone groups is 1. The van der Waals surface area contributed by atoms with Crippen molar-refractivity contribution in [3.8, 4) is 0 Å². The van der Waals surface area contributed by atoms with Crippen LogP contribution in [-0.2, 0) is 16.3 Å². The van der Waals surface area contributed by atoms with Gasteiger partial charge in [-0.2, -0.15) is 0 Å². The fourth-order valence-electron chi connectivity index (χ4n) is 3.91. The number of anilines is 3. The summed E-state index contributed by atoms with van der Waals surface area (Å²) in [6.07, 6.45) is 6.20. The van der Waals surface area contributed by atoms with Crippen LogP contribution < -0.4 is 15.5 Å². The lowest BCUT2D eigenvalue weighted by molar-refractivity contribution is 0.0696. The number of aromatic nitrogens is 2. The summed E-state index contributed by atoms with van der Waals surface area (Å²) in [5, 5.41) is 14.7. The van der Waals surface area contributed by atoms with Crippen molar-refractivity contribution in [2.75, 3.05) is 34.4 Å². The first-order valence-corrected chi connectivity index (χ1v) is 14.0. The first-order valence-electron chi connectivity index (χ1n) is 11.5. The summed E-state index contributed by atoms with van der Waals surface area (Å²) in [6.45, 7) is 3.94. The Labute approximate surface area is 213 Å². The van der Waals surface area contributed by atoms with E-state index < -0.39 is 21.8 Å². The number of hydrogen-bond acceptors (Lipinski definition) is 8. The number of aromatic carboxylic acids is 1. The van der Waals surface area contributed by atoms with Crippen LogP contribution >= 0.6 is 11.3 Å². The third kappa shape index (κ3) is 6.38. The molecule has 3 heterocycles. The molecule has 0 atom stereocenters. The molecule has 3 aromatic rings. The number of rotatable bonds is 8. The quantitative estimate of drug-likeness (QED) is 0.394. The molecule has 4 rings (SSSR count). The number of aryl methyl sites for hydroxylation is 2. The average Bonchev–Trinajstić information content (AvgIpc) is 3.31. The average molecular weight is 530 g/mol. The molecule has 0 unspecified atom stereocenters. The molecule has 1 aliphatic rings. The largest absolute Gasteiger partial charge is 0.478 e. The minimum atomic E-state index is -3.70. The molecule has 3 N–H and O–H groups in total. The summed E-state index contributed by atoms with van der Waals surface area (Å²) < 4.78 is 25.1. The predicted octanol–water partition coefficient (Wildman–Crippen LogP) is 4.20. The van der Waals surface area contributed by atoms with Gasteiger partial charge in [0.15, 0.2) is 20.0 Å². The van der Waals surface area contributed by atoms with E-state index in [1.807, 2.05) is 19.1 Å². The van der Waals surface area contributed by atoms with E-state index >= 15 is 0 Å². The van der Waals surface area contributed by atoms with Gasteiger partial charge in [0.25, 0.3) is 0 Å². The number of carboxylic acid groups (broad SMARTS) is 1. The van der Waals surface area contributed by atoms with Crippen molar-refractivity contribution in [3.05, 3.63) is 58.7 Å². The molecule has 0 radical (unpaired) electrons. The molecular weight excluding hydrogens is 502 g/mol. The van der Waals surface area contributed by atoms with Crippen LogP contribution in [0.3, 0.4) is 0 Å². The van der Waals surface area contributed by atoms with Gasteiger partial charge in [-0.25, -0.2) is 28.0 Å². The Hall–Kier alpha value is -3.51. The Morgan fingerprint density at radius 1 is 1.06 bits per heavy atom. The zero-order valence-corrected chi connectivity index (χ0v) is 21.4. The van der Waals surface area contributed by atoms with Gasteiger partial charge < -0.3 is 15.3 Å². The van der Waals surface area contributed by atoms with E-state index in [0.717, 1.165) is 49.1 Å². The molecule has 0 saturated carbocycles. The number of amides is 2. The molecular formula is C24H27N5O5S2. The maximum Gasteiger partial charge on any atom is 0.337 e. The number of carbonyl (C=O) groups is 2. The van der Waals surface area contributed by atoms with E-state index in [9.17, 15) is 18.0 Å². The van der Waals surface area contributed by atoms with Gasteiger partial charge in [0.05, 0.1) is 22.7 Å². The predicted molar refractivity (Wildman–Crippen MR) is 139 cm³/mol. The molecule has 2 amide bonds. The van der Waals surface area contributed by atoms with Gasteiger partial charge in [0.2, 0.25) is 0 Å². The topological polar surface area (TPSA) is 142 Å². The highest BCUT2D eigenvalue weighted by Gasteiger charge is 2.19. The number of carboxylic acids is 1. The molecule has 0 spiro atoms. The Balaban J connectivity index is 1.35. The molecule has 1 aliphatic heterocycles. The minimum Gasteiger partial charge on any atom is -0.478 e. The van der Waals surface area contributed by atoms with E-state index in [2.05, 4.69) is 31.6 Å². The summed E-state index contributed by atoms with van der Waals surface area (Å²) in [5.74, 6) is -1.40. The lowest BCUT2D eigenvalue weighted by Gasteiger charge is -2.30. The first-order chi connectivity index (χ1) is 17.2. The monoisotopic (exact) mass is 529 g/mol. The van der Waals surface area contributed by atoms with Crippen LogP contribution in [0.1, 0.15) is 40.1 Å². The van der Waals surface area contributed by atoms with Crippen molar-refractivity contribution in [1.82, 2.24) is 9.97 Å². The number of hydrogen-bond donors (Lipinski definition) is 3. The van der Waals surface area contributed by atoms with Gasteiger partial charge in [0.1, 0.15) is 0 Å². The third-order valence-corrected chi connectivity index (χ3v) is 8.38. The summed E-state index contributed by atoms with van der Waals surface area (Å²) >= 11 is 1.19. The molecule has 10 nitrogen and oxygen atoms in total. The van der Waals surface area contributed by atoms with E-state index in [4.69, 9.17) is 5.11 Å².